The number of carbonyl (C=O) groups is 2. The van der Waals surface area contributed by atoms with Gasteiger partial charge in [0.1, 0.15) is 24.7 Å². The predicted molar refractivity (Wildman–Crippen MR) is 127 cm³/mol. The molecule has 0 bridgehead atoms. The normalized spacial score (nSPS) is 15.1. The minimum atomic E-state index is -0.474. The highest BCUT2D eigenvalue weighted by Crippen LogP contribution is 2.34. The maximum Gasteiger partial charge on any atom is 0.254 e. The summed E-state index contributed by atoms with van der Waals surface area (Å²) in [6, 6.07) is 15.2. The van der Waals surface area contributed by atoms with Crippen LogP contribution in [-0.2, 0) is 11.2 Å². The zero-order valence-corrected chi connectivity index (χ0v) is 19.6. The number of halogens is 1. The van der Waals surface area contributed by atoms with Crippen molar-refractivity contribution >= 4 is 23.2 Å². The molecule has 1 aliphatic heterocycles. The molecule has 1 aromatic heterocycles. The number of nitrogens with zero attached hydrogens (tertiary/aromatic N) is 2. The van der Waals surface area contributed by atoms with Gasteiger partial charge in [0.05, 0.1) is 6.04 Å². The van der Waals surface area contributed by atoms with Crippen molar-refractivity contribution in [1.29, 1.82) is 0 Å². The number of fused-ring (bicyclic) bond motifs is 1. The number of rotatable bonds is 7. The molecule has 2 heterocycles. The Hall–Kier alpha value is -3.19. The summed E-state index contributed by atoms with van der Waals surface area (Å²) in [5.41, 5.74) is 2.38. The lowest BCUT2D eigenvalue weighted by atomic mass is 10.00. The van der Waals surface area contributed by atoms with Gasteiger partial charge in [0.25, 0.3) is 5.91 Å². The van der Waals surface area contributed by atoms with E-state index in [4.69, 9.17) is 4.74 Å². The summed E-state index contributed by atoms with van der Waals surface area (Å²) in [6.07, 6.45) is 0.781. The minimum Gasteiger partial charge on any atom is -0.491 e. The Labute approximate surface area is 197 Å². The van der Waals surface area contributed by atoms with Gasteiger partial charge in [-0.15, -0.1) is 11.3 Å². The van der Waals surface area contributed by atoms with Crippen LogP contribution in [0.5, 0.6) is 5.75 Å². The maximum atomic E-state index is 13.6. The van der Waals surface area contributed by atoms with E-state index in [1.165, 1.54) is 28.0 Å². The Bertz CT molecular complexity index is 1150. The number of para-hydroxylation sites is 1. The molecule has 7 heteroatoms. The van der Waals surface area contributed by atoms with Crippen LogP contribution in [0.15, 0.2) is 60.0 Å². The third-order valence-electron chi connectivity index (χ3n) is 5.97. The van der Waals surface area contributed by atoms with Crippen LogP contribution in [0.3, 0.4) is 0 Å². The Morgan fingerprint density at radius 3 is 2.76 bits per heavy atom. The van der Waals surface area contributed by atoms with E-state index in [1.807, 2.05) is 48.4 Å². The summed E-state index contributed by atoms with van der Waals surface area (Å²) in [5.74, 6) is -0.176. The Morgan fingerprint density at radius 2 is 2.00 bits per heavy atom. The average molecular weight is 467 g/mol. The average Bonchev–Trinajstić information content (AvgIpc) is 3.30. The molecule has 1 aliphatic rings. The molecule has 0 N–H and O–H groups in total. The SMILES string of the molecule is CCN(CC(=O)N1CCc2sccc2C1COc1ccccc1C)C(=O)c1cccc(F)c1. The van der Waals surface area contributed by atoms with Crippen LogP contribution in [0.25, 0.3) is 0 Å². The smallest absolute Gasteiger partial charge is 0.254 e. The number of thiophene rings is 1. The van der Waals surface area contributed by atoms with Gasteiger partial charge in [-0.05, 0) is 67.1 Å². The summed E-state index contributed by atoms with van der Waals surface area (Å²) >= 11 is 1.70. The van der Waals surface area contributed by atoms with Crippen LogP contribution in [0.2, 0.25) is 0 Å². The van der Waals surface area contributed by atoms with E-state index >= 15 is 0 Å². The van der Waals surface area contributed by atoms with Gasteiger partial charge in [0.15, 0.2) is 0 Å². The molecule has 0 spiro atoms. The zero-order chi connectivity index (χ0) is 23.4. The number of aryl methyl sites for hydroxylation is 1. The second-order valence-electron chi connectivity index (χ2n) is 8.06. The fourth-order valence-corrected chi connectivity index (χ4v) is 5.08. The first-order valence-corrected chi connectivity index (χ1v) is 11.9. The van der Waals surface area contributed by atoms with Crippen LogP contribution < -0.4 is 4.74 Å². The van der Waals surface area contributed by atoms with Crippen molar-refractivity contribution in [1.82, 2.24) is 9.80 Å². The first kappa shape index (κ1) is 23.0. The van der Waals surface area contributed by atoms with Crippen molar-refractivity contribution in [3.8, 4) is 5.75 Å². The van der Waals surface area contributed by atoms with Crippen molar-refractivity contribution < 1.29 is 18.7 Å². The molecular formula is C26H27FN2O3S. The van der Waals surface area contributed by atoms with Crippen LogP contribution in [0.1, 0.15) is 39.3 Å². The van der Waals surface area contributed by atoms with Gasteiger partial charge >= 0.3 is 0 Å². The fraction of sp³-hybridized carbons (Fsp3) is 0.308. The lowest BCUT2D eigenvalue weighted by molar-refractivity contribution is -0.135. The molecule has 0 saturated heterocycles. The van der Waals surface area contributed by atoms with E-state index in [0.29, 0.717) is 19.7 Å². The van der Waals surface area contributed by atoms with E-state index in [1.54, 1.807) is 17.4 Å². The maximum absolute atomic E-state index is 13.6. The van der Waals surface area contributed by atoms with Crippen LogP contribution in [-0.4, -0.2) is 47.9 Å². The van der Waals surface area contributed by atoms with Crippen LogP contribution in [0, 0.1) is 12.7 Å². The fourth-order valence-electron chi connectivity index (χ4n) is 4.15. The molecule has 1 unspecified atom stereocenters. The quantitative estimate of drug-likeness (QED) is 0.500. The standard InChI is InChI=1S/C26H27FN2O3S/c1-3-28(26(31)19-8-6-9-20(27)15-19)16-25(30)29-13-11-24-21(12-14-33-24)22(29)17-32-23-10-5-4-7-18(23)2/h4-10,12,14-15,22H,3,11,13,16-17H2,1-2H3. The van der Waals surface area contributed by atoms with Crippen molar-refractivity contribution in [3.63, 3.8) is 0 Å². The Morgan fingerprint density at radius 1 is 1.18 bits per heavy atom. The number of benzene rings is 2. The summed E-state index contributed by atoms with van der Waals surface area (Å²) in [5, 5.41) is 2.05. The summed E-state index contributed by atoms with van der Waals surface area (Å²) < 4.78 is 19.7. The number of carbonyl (C=O) groups excluding carboxylic acids is 2. The topological polar surface area (TPSA) is 49.9 Å². The number of amides is 2. The van der Waals surface area contributed by atoms with Crippen LogP contribution in [0.4, 0.5) is 4.39 Å². The number of ether oxygens (including phenoxy) is 1. The van der Waals surface area contributed by atoms with Crippen molar-refractivity contribution in [3.05, 3.63) is 87.4 Å². The van der Waals surface area contributed by atoms with Crippen molar-refractivity contribution in [2.75, 3.05) is 26.2 Å². The monoisotopic (exact) mass is 466 g/mol. The zero-order valence-electron chi connectivity index (χ0n) is 18.8. The molecule has 0 saturated carbocycles. The van der Waals surface area contributed by atoms with E-state index in [0.717, 1.165) is 23.3 Å². The van der Waals surface area contributed by atoms with Gasteiger partial charge in [0, 0.05) is 23.5 Å². The summed E-state index contributed by atoms with van der Waals surface area (Å²) in [6.45, 7) is 5.00. The number of hydrogen-bond donors (Lipinski definition) is 0. The summed E-state index contributed by atoms with van der Waals surface area (Å²) in [7, 11) is 0. The molecule has 4 rings (SSSR count). The molecular weight excluding hydrogens is 439 g/mol. The van der Waals surface area contributed by atoms with E-state index < -0.39 is 5.82 Å². The molecule has 0 fully saturated rings. The Kier molecular flexibility index (Phi) is 7.08. The largest absolute Gasteiger partial charge is 0.491 e. The molecule has 1 atom stereocenters. The second-order valence-corrected chi connectivity index (χ2v) is 9.06. The highest BCUT2D eigenvalue weighted by molar-refractivity contribution is 7.10. The van der Waals surface area contributed by atoms with Gasteiger partial charge in [-0.25, -0.2) is 4.39 Å². The highest BCUT2D eigenvalue weighted by atomic mass is 32.1. The van der Waals surface area contributed by atoms with Crippen molar-refractivity contribution in [2.24, 2.45) is 0 Å². The van der Waals surface area contributed by atoms with Gasteiger partial charge in [-0.2, -0.15) is 0 Å². The molecule has 33 heavy (non-hydrogen) atoms. The molecule has 2 amide bonds. The van der Waals surface area contributed by atoms with Crippen molar-refractivity contribution in [2.45, 2.75) is 26.3 Å². The lowest BCUT2D eigenvalue weighted by Crippen LogP contribution is -2.47. The van der Waals surface area contributed by atoms with Gasteiger partial charge in [0.2, 0.25) is 5.91 Å². The molecule has 2 aromatic carbocycles. The van der Waals surface area contributed by atoms with Gasteiger partial charge in [-0.1, -0.05) is 24.3 Å². The Balaban J connectivity index is 1.52. The number of hydrogen-bond acceptors (Lipinski definition) is 4. The van der Waals surface area contributed by atoms with Gasteiger partial charge < -0.3 is 14.5 Å². The number of likely N-dealkylation sites (N-methyl/N-ethyl adjacent to an activating group) is 1. The highest BCUT2D eigenvalue weighted by Gasteiger charge is 2.33. The molecule has 172 valence electrons. The van der Waals surface area contributed by atoms with Gasteiger partial charge in [-0.3, -0.25) is 9.59 Å². The molecule has 5 nitrogen and oxygen atoms in total. The van der Waals surface area contributed by atoms with E-state index in [-0.39, 0.29) is 30.0 Å². The van der Waals surface area contributed by atoms with E-state index in [9.17, 15) is 14.0 Å². The molecule has 0 aliphatic carbocycles. The molecule has 0 radical (unpaired) electrons. The first-order valence-electron chi connectivity index (χ1n) is 11.1. The minimum absolute atomic E-state index is 0.0633. The second kappa shape index (κ2) is 10.2. The third kappa shape index (κ3) is 5.09. The van der Waals surface area contributed by atoms with Crippen LogP contribution >= 0.6 is 11.3 Å². The third-order valence-corrected chi connectivity index (χ3v) is 6.97. The first-order chi connectivity index (χ1) is 16.0. The predicted octanol–water partition coefficient (Wildman–Crippen LogP) is 4.86. The molecule has 3 aromatic rings. The lowest BCUT2D eigenvalue weighted by Gasteiger charge is -2.37. The summed E-state index contributed by atoms with van der Waals surface area (Å²) in [4.78, 5) is 30.8. The van der Waals surface area contributed by atoms with E-state index in [2.05, 4.69) is 6.07 Å².